The van der Waals surface area contributed by atoms with Gasteiger partial charge in [0.15, 0.2) is 0 Å². The van der Waals surface area contributed by atoms with Crippen molar-refractivity contribution < 1.29 is 13.2 Å². The molecular weight excluding hydrogens is 338 g/mol. The lowest BCUT2D eigenvalue weighted by Crippen LogP contribution is -2.44. The van der Waals surface area contributed by atoms with Crippen LogP contribution in [0.5, 0.6) is 0 Å². The number of amides is 1. The minimum absolute atomic E-state index is 0.0881. The minimum Gasteiger partial charge on any atom is -0.350 e. The van der Waals surface area contributed by atoms with Gasteiger partial charge in [0.05, 0.1) is 4.90 Å². The third kappa shape index (κ3) is 6.41. The Morgan fingerprint density at radius 3 is 2.36 bits per heavy atom. The Hall–Kier alpha value is -1.44. The molecule has 1 aromatic carbocycles. The average molecular weight is 370 g/mol. The zero-order valence-corrected chi connectivity index (χ0v) is 16.7. The third-order valence-electron chi connectivity index (χ3n) is 4.25. The lowest BCUT2D eigenvalue weighted by atomic mass is 10.0. The molecule has 0 aliphatic rings. The van der Waals surface area contributed by atoms with E-state index in [1.807, 2.05) is 0 Å². The van der Waals surface area contributed by atoms with Crippen molar-refractivity contribution >= 4 is 15.9 Å². The molecule has 1 atom stereocenters. The van der Waals surface area contributed by atoms with Gasteiger partial charge in [-0.05, 0) is 50.7 Å². The van der Waals surface area contributed by atoms with Crippen molar-refractivity contribution in [3.05, 3.63) is 29.8 Å². The van der Waals surface area contributed by atoms with Gasteiger partial charge in [-0.3, -0.25) is 9.69 Å². The molecule has 0 saturated heterocycles. The van der Waals surface area contributed by atoms with E-state index in [2.05, 4.69) is 42.6 Å². The van der Waals surface area contributed by atoms with E-state index in [9.17, 15) is 13.2 Å². The molecule has 6 nitrogen and oxygen atoms in total. The molecule has 25 heavy (non-hydrogen) atoms. The Morgan fingerprint density at radius 1 is 1.20 bits per heavy atom. The van der Waals surface area contributed by atoms with Crippen LogP contribution in [0, 0.1) is 5.92 Å². The van der Waals surface area contributed by atoms with E-state index in [1.165, 1.54) is 19.2 Å². The van der Waals surface area contributed by atoms with Gasteiger partial charge in [0, 0.05) is 18.2 Å². The topological polar surface area (TPSA) is 78.5 Å². The molecule has 0 aliphatic carbocycles. The summed E-state index contributed by atoms with van der Waals surface area (Å²) in [6.45, 7) is 11.0. The van der Waals surface area contributed by atoms with Crippen molar-refractivity contribution in [1.82, 2.24) is 14.9 Å². The second kappa shape index (κ2) is 9.89. The van der Waals surface area contributed by atoms with Gasteiger partial charge >= 0.3 is 0 Å². The molecule has 1 rings (SSSR count). The monoisotopic (exact) mass is 369 g/mol. The number of rotatable bonds is 10. The van der Waals surface area contributed by atoms with Crippen LogP contribution in [0.4, 0.5) is 0 Å². The number of carbonyl (C=O) groups excluding carboxylic acids is 1. The maximum absolute atomic E-state index is 12.5. The quantitative estimate of drug-likeness (QED) is 0.662. The van der Waals surface area contributed by atoms with E-state index in [0.717, 1.165) is 19.5 Å². The number of nitrogens with one attached hydrogen (secondary N) is 2. The maximum Gasteiger partial charge on any atom is 0.251 e. The van der Waals surface area contributed by atoms with Crippen molar-refractivity contribution in [2.75, 3.05) is 26.7 Å². The molecule has 1 aromatic rings. The maximum atomic E-state index is 12.5. The number of nitrogens with zero attached hydrogens (tertiary/aromatic N) is 1. The molecule has 142 valence electrons. The van der Waals surface area contributed by atoms with Gasteiger partial charge in [-0.2, -0.15) is 0 Å². The summed E-state index contributed by atoms with van der Waals surface area (Å²) >= 11 is 0. The fourth-order valence-electron chi connectivity index (χ4n) is 2.88. The van der Waals surface area contributed by atoms with Gasteiger partial charge in [-0.15, -0.1) is 0 Å². The van der Waals surface area contributed by atoms with Gasteiger partial charge in [-0.1, -0.05) is 33.8 Å². The van der Waals surface area contributed by atoms with E-state index in [1.54, 1.807) is 12.1 Å². The van der Waals surface area contributed by atoms with Crippen molar-refractivity contribution in [1.29, 1.82) is 0 Å². The summed E-state index contributed by atoms with van der Waals surface area (Å²) in [5, 5.41) is 2.95. The number of likely N-dealkylation sites (N-methyl/N-ethyl adjacent to an activating group) is 1. The standard InChI is InChI=1S/C18H31N3O3S/c1-6-21(7-2)16(11-14(3)4)13-20-18(22)15-9-8-10-17(12-15)25(23,24)19-5/h8-10,12,14,16,19H,6-7,11,13H2,1-5H3,(H,20,22). The zero-order chi connectivity index (χ0) is 19.0. The van der Waals surface area contributed by atoms with Crippen LogP contribution in [0.25, 0.3) is 0 Å². The summed E-state index contributed by atoms with van der Waals surface area (Å²) < 4.78 is 26.0. The number of sulfonamides is 1. The van der Waals surface area contributed by atoms with E-state index < -0.39 is 10.0 Å². The highest BCUT2D eigenvalue weighted by Crippen LogP contribution is 2.13. The molecule has 0 aromatic heterocycles. The molecule has 2 N–H and O–H groups in total. The number of hydrogen-bond donors (Lipinski definition) is 2. The Morgan fingerprint density at radius 2 is 1.84 bits per heavy atom. The molecule has 0 heterocycles. The molecule has 0 saturated carbocycles. The van der Waals surface area contributed by atoms with Gasteiger partial charge in [0.25, 0.3) is 5.91 Å². The van der Waals surface area contributed by atoms with Crippen molar-refractivity contribution in [3.63, 3.8) is 0 Å². The fourth-order valence-corrected chi connectivity index (χ4v) is 3.66. The lowest BCUT2D eigenvalue weighted by molar-refractivity contribution is 0.0928. The predicted octanol–water partition coefficient (Wildman–Crippen LogP) is 2.08. The molecule has 7 heteroatoms. The average Bonchev–Trinajstić information content (AvgIpc) is 2.59. The van der Waals surface area contributed by atoms with Gasteiger partial charge in [-0.25, -0.2) is 13.1 Å². The number of carbonyl (C=O) groups is 1. The zero-order valence-electron chi connectivity index (χ0n) is 15.9. The SMILES string of the molecule is CCN(CC)C(CNC(=O)c1cccc(S(=O)(=O)NC)c1)CC(C)C. The largest absolute Gasteiger partial charge is 0.350 e. The lowest BCUT2D eigenvalue weighted by Gasteiger charge is -2.31. The minimum atomic E-state index is -3.56. The predicted molar refractivity (Wildman–Crippen MR) is 101 cm³/mol. The second-order valence-corrected chi connectivity index (χ2v) is 8.34. The first-order valence-electron chi connectivity index (χ1n) is 8.80. The highest BCUT2D eigenvalue weighted by molar-refractivity contribution is 7.89. The van der Waals surface area contributed by atoms with Crippen LogP contribution in [-0.4, -0.2) is 51.9 Å². The van der Waals surface area contributed by atoms with E-state index in [0.29, 0.717) is 18.0 Å². The summed E-state index contributed by atoms with van der Waals surface area (Å²) in [5.74, 6) is 0.278. The van der Waals surface area contributed by atoms with E-state index >= 15 is 0 Å². The smallest absolute Gasteiger partial charge is 0.251 e. The van der Waals surface area contributed by atoms with Crippen molar-refractivity contribution in [3.8, 4) is 0 Å². The molecule has 0 spiro atoms. The van der Waals surface area contributed by atoms with Gasteiger partial charge in [0.1, 0.15) is 0 Å². The molecule has 1 unspecified atom stereocenters. The Bertz CT molecular complexity index is 655. The summed E-state index contributed by atoms with van der Waals surface area (Å²) in [6, 6.07) is 6.34. The van der Waals surface area contributed by atoms with Crippen molar-refractivity contribution in [2.45, 2.75) is 45.1 Å². The van der Waals surface area contributed by atoms with E-state index in [-0.39, 0.29) is 16.8 Å². The summed E-state index contributed by atoms with van der Waals surface area (Å²) in [5.41, 5.74) is 0.346. The van der Waals surface area contributed by atoms with Crippen LogP contribution >= 0.6 is 0 Å². The first-order chi connectivity index (χ1) is 11.7. The molecular formula is C18H31N3O3S. The first-order valence-corrected chi connectivity index (χ1v) is 10.3. The second-order valence-electron chi connectivity index (χ2n) is 6.45. The molecule has 0 fully saturated rings. The van der Waals surface area contributed by atoms with Crippen LogP contribution in [0.15, 0.2) is 29.2 Å². The molecule has 0 bridgehead atoms. The van der Waals surface area contributed by atoms with E-state index in [4.69, 9.17) is 0 Å². The Labute approximate surface area is 152 Å². The Kier molecular flexibility index (Phi) is 8.55. The normalized spacial score (nSPS) is 13.2. The van der Waals surface area contributed by atoms with Crippen LogP contribution in [-0.2, 0) is 10.0 Å². The molecule has 0 radical (unpaired) electrons. The van der Waals surface area contributed by atoms with Crippen molar-refractivity contribution in [2.24, 2.45) is 5.92 Å². The van der Waals surface area contributed by atoms with Gasteiger partial charge in [0.2, 0.25) is 10.0 Å². The first kappa shape index (κ1) is 21.6. The van der Waals surface area contributed by atoms with Gasteiger partial charge < -0.3 is 5.32 Å². The molecule has 0 aliphatic heterocycles. The summed E-state index contributed by atoms with van der Waals surface area (Å²) in [6.07, 6.45) is 0.996. The van der Waals surface area contributed by atoms with Crippen LogP contribution in [0.3, 0.4) is 0 Å². The third-order valence-corrected chi connectivity index (χ3v) is 5.66. The number of benzene rings is 1. The molecule has 1 amide bonds. The summed E-state index contributed by atoms with van der Waals surface area (Å²) in [4.78, 5) is 14.9. The van der Waals surface area contributed by atoms with Crippen LogP contribution < -0.4 is 10.0 Å². The fraction of sp³-hybridized carbons (Fsp3) is 0.611. The van der Waals surface area contributed by atoms with Crippen LogP contribution in [0.2, 0.25) is 0 Å². The highest BCUT2D eigenvalue weighted by Gasteiger charge is 2.19. The highest BCUT2D eigenvalue weighted by atomic mass is 32.2. The van der Waals surface area contributed by atoms with Crippen LogP contribution in [0.1, 0.15) is 44.5 Å². The Balaban J connectivity index is 2.85. The summed E-state index contributed by atoms with van der Waals surface area (Å²) in [7, 11) is -2.21. The number of hydrogen-bond acceptors (Lipinski definition) is 4.